The molecule has 0 fully saturated rings. The number of rotatable bonds is 5. The van der Waals surface area contributed by atoms with E-state index in [0.29, 0.717) is 15.7 Å². The lowest BCUT2D eigenvalue weighted by Gasteiger charge is -2.13. The molecule has 22 heavy (non-hydrogen) atoms. The molecule has 7 nitrogen and oxygen atoms in total. The van der Waals surface area contributed by atoms with Gasteiger partial charge in [0.2, 0.25) is 0 Å². The maximum absolute atomic E-state index is 11.7. The standard InChI is InChI=1S/C14H14BrNO6/c1-7-4-9(15)8(13(18)19)5-10(7)16-11(14(20)22-3)6-12(17)21-2/h4-6,16H,1-3H3,(H,18,19)/b11-6+. The van der Waals surface area contributed by atoms with E-state index >= 15 is 0 Å². The first kappa shape index (κ1) is 17.7. The number of ether oxygens (including phenoxy) is 2. The molecule has 1 rings (SSSR count). The second kappa shape index (κ2) is 7.60. The van der Waals surface area contributed by atoms with E-state index in [4.69, 9.17) is 5.11 Å². The van der Waals surface area contributed by atoms with E-state index < -0.39 is 17.9 Å². The Balaban J connectivity index is 3.26. The summed E-state index contributed by atoms with van der Waals surface area (Å²) in [7, 11) is 2.33. The summed E-state index contributed by atoms with van der Waals surface area (Å²) in [5.74, 6) is -2.67. The number of carboxylic acid groups (broad SMARTS) is 1. The van der Waals surface area contributed by atoms with Crippen molar-refractivity contribution in [2.75, 3.05) is 19.5 Å². The molecule has 1 aromatic rings. The Morgan fingerprint density at radius 1 is 1.23 bits per heavy atom. The van der Waals surface area contributed by atoms with Crippen LogP contribution in [-0.2, 0) is 19.1 Å². The van der Waals surface area contributed by atoms with Gasteiger partial charge in [-0.25, -0.2) is 14.4 Å². The van der Waals surface area contributed by atoms with Crippen molar-refractivity contribution in [3.8, 4) is 0 Å². The van der Waals surface area contributed by atoms with E-state index in [9.17, 15) is 14.4 Å². The van der Waals surface area contributed by atoms with Crippen molar-refractivity contribution in [1.29, 1.82) is 0 Å². The number of aromatic carboxylic acids is 1. The van der Waals surface area contributed by atoms with Gasteiger partial charge >= 0.3 is 17.9 Å². The van der Waals surface area contributed by atoms with Crippen LogP contribution in [-0.4, -0.2) is 37.2 Å². The number of carboxylic acids is 1. The van der Waals surface area contributed by atoms with E-state index in [-0.39, 0.29) is 11.3 Å². The predicted molar refractivity (Wildman–Crippen MR) is 81.6 cm³/mol. The number of aryl methyl sites for hydroxylation is 1. The molecule has 0 heterocycles. The summed E-state index contributed by atoms with van der Waals surface area (Å²) in [4.78, 5) is 34.1. The van der Waals surface area contributed by atoms with Crippen LogP contribution in [0.1, 0.15) is 15.9 Å². The average Bonchev–Trinajstić information content (AvgIpc) is 2.47. The number of halogens is 1. The highest BCUT2D eigenvalue weighted by molar-refractivity contribution is 9.10. The molecular weight excluding hydrogens is 358 g/mol. The molecule has 1 aromatic carbocycles. The number of carbonyl (C=O) groups excluding carboxylic acids is 2. The molecule has 0 amide bonds. The average molecular weight is 372 g/mol. The molecular formula is C14H14BrNO6. The molecule has 0 saturated carbocycles. The quantitative estimate of drug-likeness (QED) is 0.603. The van der Waals surface area contributed by atoms with Crippen molar-refractivity contribution in [2.45, 2.75) is 6.92 Å². The minimum Gasteiger partial charge on any atom is -0.478 e. The topological polar surface area (TPSA) is 102 Å². The van der Waals surface area contributed by atoms with Crippen LogP contribution in [0.15, 0.2) is 28.4 Å². The van der Waals surface area contributed by atoms with Crippen LogP contribution in [0.4, 0.5) is 5.69 Å². The van der Waals surface area contributed by atoms with Crippen molar-refractivity contribution < 1.29 is 29.0 Å². The fourth-order valence-corrected chi connectivity index (χ4v) is 2.18. The number of esters is 2. The molecule has 0 bridgehead atoms. The van der Waals surface area contributed by atoms with E-state index in [2.05, 4.69) is 30.7 Å². The van der Waals surface area contributed by atoms with Gasteiger partial charge in [0, 0.05) is 10.2 Å². The summed E-state index contributed by atoms with van der Waals surface area (Å²) in [6.45, 7) is 1.71. The summed E-state index contributed by atoms with van der Waals surface area (Å²) in [6.07, 6.45) is 0.924. The maximum atomic E-state index is 11.7. The van der Waals surface area contributed by atoms with Crippen LogP contribution >= 0.6 is 15.9 Å². The molecule has 0 aliphatic rings. The summed E-state index contributed by atoms with van der Waals surface area (Å²) in [6, 6.07) is 2.93. The second-order valence-electron chi connectivity index (χ2n) is 4.15. The second-order valence-corrected chi connectivity index (χ2v) is 5.00. The van der Waals surface area contributed by atoms with Crippen LogP contribution < -0.4 is 5.32 Å². The normalized spacial score (nSPS) is 10.8. The largest absolute Gasteiger partial charge is 0.478 e. The molecule has 118 valence electrons. The third-order valence-corrected chi connectivity index (χ3v) is 3.34. The lowest BCUT2D eigenvalue weighted by Crippen LogP contribution is -2.16. The smallest absolute Gasteiger partial charge is 0.354 e. The highest BCUT2D eigenvalue weighted by Gasteiger charge is 2.16. The number of benzene rings is 1. The monoisotopic (exact) mass is 371 g/mol. The van der Waals surface area contributed by atoms with E-state index in [1.807, 2.05) is 0 Å². The van der Waals surface area contributed by atoms with Crippen LogP contribution in [0, 0.1) is 6.92 Å². The molecule has 0 aromatic heterocycles. The zero-order valence-electron chi connectivity index (χ0n) is 12.1. The van der Waals surface area contributed by atoms with E-state index in [1.165, 1.54) is 13.2 Å². The molecule has 0 atom stereocenters. The van der Waals surface area contributed by atoms with Gasteiger partial charge in [0.15, 0.2) is 0 Å². The highest BCUT2D eigenvalue weighted by atomic mass is 79.9. The zero-order chi connectivity index (χ0) is 16.9. The first-order valence-corrected chi connectivity index (χ1v) is 6.77. The number of nitrogens with one attached hydrogen (secondary N) is 1. The Hall–Kier alpha value is -2.35. The van der Waals surface area contributed by atoms with Crippen LogP contribution in [0.2, 0.25) is 0 Å². The van der Waals surface area contributed by atoms with E-state index in [0.717, 1.165) is 13.2 Å². The first-order chi connectivity index (χ1) is 10.3. The molecule has 0 aliphatic carbocycles. The molecule has 2 N–H and O–H groups in total. The number of hydrogen-bond acceptors (Lipinski definition) is 6. The third-order valence-electron chi connectivity index (χ3n) is 2.68. The molecule has 0 unspecified atom stereocenters. The van der Waals surface area contributed by atoms with Crippen molar-refractivity contribution >= 4 is 39.5 Å². The van der Waals surface area contributed by atoms with Crippen LogP contribution in [0.25, 0.3) is 0 Å². The SMILES string of the molecule is COC(=O)/C=C(/Nc1cc(C(=O)O)c(Br)cc1C)C(=O)OC. The van der Waals surface area contributed by atoms with Gasteiger partial charge in [-0.1, -0.05) is 0 Å². The highest BCUT2D eigenvalue weighted by Crippen LogP contribution is 2.26. The van der Waals surface area contributed by atoms with E-state index in [1.54, 1.807) is 13.0 Å². The lowest BCUT2D eigenvalue weighted by atomic mass is 10.1. The summed E-state index contributed by atoms with van der Waals surface area (Å²) < 4.78 is 9.43. The van der Waals surface area contributed by atoms with Gasteiger partial charge in [-0.3, -0.25) is 0 Å². The molecule has 0 radical (unpaired) electrons. The molecule has 0 spiro atoms. The Bertz CT molecular complexity index is 653. The van der Waals surface area contributed by atoms with Crippen molar-refractivity contribution in [1.82, 2.24) is 0 Å². The molecule has 8 heteroatoms. The van der Waals surface area contributed by atoms with Gasteiger partial charge in [-0.15, -0.1) is 0 Å². The van der Waals surface area contributed by atoms with Gasteiger partial charge in [0.25, 0.3) is 0 Å². The Labute approximate surface area is 135 Å². The van der Waals surface area contributed by atoms with Crippen molar-refractivity contribution in [3.63, 3.8) is 0 Å². The van der Waals surface area contributed by atoms with Crippen LogP contribution in [0.3, 0.4) is 0 Å². The number of carbonyl (C=O) groups is 3. The number of methoxy groups -OCH3 is 2. The van der Waals surface area contributed by atoms with Crippen LogP contribution in [0.5, 0.6) is 0 Å². The lowest BCUT2D eigenvalue weighted by molar-refractivity contribution is -0.138. The first-order valence-electron chi connectivity index (χ1n) is 5.98. The summed E-state index contributed by atoms with van der Waals surface area (Å²) >= 11 is 3.15. The number of anilines is 1. The van der Waals surface area contributed by atoms with Gasteiger partial charge in [0.05, 0.1) is 25.9 Å². The zero-order valence-corrected chi connectivity index (χ0v) is 13.7. The Morgan fingerprint density at radius 2 is 1.86 bits per heavy atom. The summed E-state index contributed by atoms with van der Waals surface area (Å²) in [5.41, 5.74) is 0.851. The predicted octanol–water partition coefficient (Wildman–Crippen LogP) is 2.10. The fourth-order valence-electron chi connectivity index (χ4n) is 1.55. The summed E-state index contributed by atoms with van der Waals surface area (Å²) in [5, 5.41) is 11.8. The Kier molecular flexibility index (Phi) is 6.11. The van der Waals surface area contributed by atoms with Gasteiger partial charge in [0.1, 0.15) is 5.70 Å². The van der Waals surface area contributed by atoms with Gasteiger partial charge < -0.3 is 19.9 Å². The van der Waals surface area contributed by atoms with Gasteiger partial charge in [-0.05, 0) is 40.5 Å². The molecule has 0 aliphatic heterocycles. The van der Waals surface area contributed by atoms with Crippen molar-refractivity contribution in [2.24, 2.45) is 0 Å². The minimum atomic E-state index is -1.13. The third kappa shape index (κ3) is 4.32. The Morgan fingerprint density at radius 3 is 2.36 bits per heavy atom. The maximum Gasteiger partial charge on any atom is 0.354 e. The van der Waals surface area contributed by atoms with Crippen molar-refractivity contribution in [3.05, 3.63) is 39.5 Å². The fraction of sp³-hybridized carbons (Fsp3) is 0.214. The number of hydrogen-bond donors (Lipinski definition) is 2. The minimum absolute atomic E-state index is 0.00961. The molecule has 0 saturated heterocycles. The van der Waals surface area contributed by atoms with Gasteiger partial charge in [-0.2, -0.15) is 0 Å².